The molecule has 24 heavy (non-hydrogen) atoms. The Morgan fingerprint density at radius 2 is 1.67 bits per heavy atom. The Labute approximate surface area is 142 Å². The number of sulfonamides is 1. The van der Waals surface area contributed by atoms with E-state index in [0.29, 0.717) is 13.1 Å². The average molecular weight is 347 g/mol. The molecule has 2 aromatic carbocycles. The molecule has 6 nitrogen and oxygen atoms in total. The van der Waals surface area contributed by atoms with E-state index in [0.717, 1.165) is 16.8 Å². The van der Waals surface area contributed by atoms with Gasteiger partial charge in [0.25, 0.3) is 0 Å². The summed E-state index contributed by atoms with van der Waals surface area (Å²) in [6, 6.07) is 14.4. The van der Waals surface area contributed by atoms with Gasteiger partial charge in [-0.05, 0) is 42.4 Å². The molecule has 7 heteroatoms. The van der Waals surface area contributed by atoms with Crippen molar-refractivity contribution < 1.29 is 13.2 Å². The van der Waals surface area contributed by atoms with Crippen LogP contribution in [0.3, 0.4) is 0 Å². The molecule has 0 spiro atoms. The van der Waals surface area contributed by atoms with E-state index in [1.165, 1.54) is 14.0 Å². The smallest absolute Gasteiger partial charge is 0.240 e. The van der Waals surface area contributed by atoms with Gasteiger partial charge in [-0.3, -0.25) is 4.79 Å². The summed E-state index contributed by atoms with van der Waals surface area (Å²) in [7, 11) is -2.03. The van der Waals surface area contributed by atoms with Crippen LogP contribution in [0.25, 0.3) is 0 Å². The molecule has 0 aliphatic heterocycles. The van der Waals surface area contributed by atoms with Gasteiger partial charge in [-0.15, -0.1) is 0 Å². The van der Waals surface area contributed by atoms with Crippen molar-refractivity contribution in [3.8, 4) is 0 Å². The molecule has 0 fully saturated rings. The lowest BCUT2D eigenvalue weighted by Gasteiger charge is -2.08. The van der Waals surface area contributed by atoms with E-state index in [9.17, 15) is 13.2 Å². The van der Waals surface area contributed by atoms with Gasteiger partial charge in [0.05, 0.1) is 4.90 Å². The molecule has 0 aromatic heterocycles. The van der Waals surface area contributed by atoms with E-state index in [1.54, 1.807) is 18.2 Å². The highest BCUT2D eigenvalue weighted by molar-refractivity contribution is 7.89. The van der Waals surface area contributed by atoms with Crippen LogP contribution in [0.15, 0.2) is 53.4 Å². The molecule has 0 atom stereocenters. The molecule has 3 N–H and O–H groups in total. The second kappa shape index (κ2) is 8.05. The Morgan fingerprint density at radius 3 is 2.29 bits per heavy atom. The minimum absolute atomic E-state index is 0.0997. The maximum Gasteiger partial charge on any atom is 0.240 e. The monoisotopic (exact) mass is 347 g/mol. The van der Waals surface area contributed by atoms with E-state index in [4.69, 9.17) is 0 Å². The first kappa shape index (κ1) is 18.1. The number of carbonyl (C=O) groups excluding carboxylic acids is 1. The van der Waals surface area contributed by atoms with Crippen molar-refractivity contribution in [2.24, 2.45) is 0 Å². The summed E-state index contributed by atoms with van der Waals surface area (Å²) in [6.07, 6.45) is 0. The van der Waals surface area contributed by atoms with E-state index >= 15 is 0 Å². The van der Waals surface area contributed by atoms with E-state index in [1.807, 2.05) is 30.3 Å². The molecule has 0 heterocycles. The zero-order valence-corrected chi connectivity index (χ0v) is 14.5. The summed E-state index contributed by atoms with van der Waals surface area (Å²) >= 11 is 0. The van der Waals surface area contributed by atoms with Crippen molar-refractivity contribution in [3.63, 3.8) is 0 Å². The van der Waals surface area contributed by atoms with Crippen LogP contribution in [0.1, 0.15) is 18.1 Å². The molecule has 0 saturated carbocycles. The van der Waals surface area contributed by atoms with Gasteiger partial charge >= 0.3 is 0 Å². The minimum atomic E-state index is -3.42. The summed E-state index contributed by atoms with van der Waals surface area (Å²) in [5, 5.41) is 5.99. The topological polar surface area (TPSA) is 87.3 Å². The van der Waals surface area contributed by atoms with Gasteiger partial charge in [0, 0.05) is 25.7 Å². The van der Waals surface area contributed by atoms with Crippen LogP contribution < -0.4 is 15.4 Å². The Morgan fingerprint density at radius 1 is 1.00 bits per heavy atom. The molecule has 0 saturated heterocycles. The lowest BCUT2D eigenvalue weighted by atomic mass is 10.2. The van der Waals surface area contributed by atoms with Crippen molar-refractivity contribution in [2.45, 2.75) is 24.9 Å². The molecule has 0 aliphatic carbocycles. The predicted octanol–water partition coefficient (Wildman–Crippen LogP) is 1.84. The third-order valence-corrected chi connectivity index (χ3v) is 4.82. The van der Waals surface area contributed by atoms with Crippen LogP contribution in [-0.4, -0.2) is 21.4 Å². The van der Waals surface area contributed by atoms with Crippen LogP contribution in [0, 0.1) is 0 Å². The normalized spacial score (nSPS) is 11.2. The molecule has 0 unspecified atom stereocenters. The maximum atomic E-state index is 11.8. The van der Waals surface area contributed by atoms with Gasteiger partial charge < -0.3 is 10.6 Å². The summed E-state index contributed by atoms with van der Waals surface area (Å²) < 4.78 is 25.9. The predicted molar refractivity (Wildman–Crippen MR) is 94.0 cm³/mol. The zero-order chi connectivity index (χ0) is 17.6. The van der Waals surface area contributed by atoms with Crippen molar-refractivity contribution >= 4 is 21.6 Å². The van der Waals surface area contributed by atoms with Crippen LogP contribution >= 0.6 is 0 Å². The van der Waals surface area contributed by atoms with Gasteiger partial charge in [-0.1, -0.05) is 24.3 Å². The summed E-state index contributed by atoms with van der Waals surface area (Å²) in [5.74, 6) is -0.0997. The summed E-state index contributed by atoms with van der Waals surface area (Å²) in [5.41, 5.74) is 2.72. The molecule has 128 valence electrons. The number of rotatable bonds is 7. The first-order valence-corrected chi connectivity index (χ1v) is 8.99. The third-order valence-electron chi connectivity index (χ3n) is 3.41. The highest BCUT2D eigenvalue weighted by Gasteiger charge is 2.11. The zero-order valence-electron chi connectivity index (χ0n) is 13.7. The second-order valence-electron chi connectivity index (χ2n) is 5.34. The van der Waals surface area contributed by atoms with E-state index in [-0.39, 0.29) is 10.8 Å². The molecule has 0 aliphatic rings. The van der Waals surface area contributed by atoms with E-state index < -0.39 is 10.0 Å². The number of hydrogen-bond acceptors (Lipinski definition) is 4. The number of hydrogen-bond donors (Lipinski definition) is 3. The largest absolute Gasteiger partial charge is 0.326 e. The fraction of sp³-hybridized carbons (Fsp3) is 0.235. The molecule has 0 radical (unpaired) electrons. The highest BCUT2D eigenvalue weighted by Crippen LogP contribution is 2.12. The Hall–Kier alpha value is -2.22. The number of benzene rings is 2. The fourth-order valence-electron chi connectivity index (χ4n) is 2.20. The Bertz CT molecular complexity index is 802. The van der Waals surface area contributed by atoms with Crippen molar-refractivity contribution in [2.75, 3.05) is 12.4 Å². The Balaban J connectivity index is 1.92. The van der Waals surface area contributed by atoms with Crippen LogP contribution in [0.5, 0.6) is 0 Å². The lowest BCUT2D eigenvalue weighted by molar-refractivity contribution is -0.114. The standard InChI is InChI=1S/C17H21N3O3S/c1-13(21)20-16-8-6-14(7-9-16)11-19-12-15-4-3-5-17(10-15)24(22,23)18-2/h3-10,18-19H,11-12H2,1-2H3,(H,20,21). The molecule has 2 aromatic rings. The second-order valence-corrected chi connectivity index (χ2v) is 7.22. The number of amides is 1. The van der Waals surface area contributed by atoms with Gasteiger partial charge in [0.15, 0.2) is 0 Å². The van der Waals surface area contributed by atoms with Gasteiger partial charge in [0.1, 0.15) is 0 Å². The first-order chi connectivity index (χ1) is 11.4. The average Bonchev–Trinajstić information content (AvgIpc) is 2.56. The fourth-order valence-corrected chi connectivity index (χ4v) is 3.00. The third kappa shape index (κ3) is 5.16. The molecule has 1 amide bonds. The minimum Gasteiger partial charge on any atom is -0.326 e. The molecule has 0 bridgehead atoms. The van der Waals surface area contributed by atoms with Gasteiger partial charge in [0.2, 0.25) is 15.9 Å². The maximum absolute atomic E-state index is 11.8. The van der Waals surface area contributed by atoms with E-state index in [2.05, 4.69) is 15.4 Å². The molecule has 2 rings (SSSR count). The number of anilines is 1. The molecular formula is C17H21N3O3S. The SMILES string of the molecule is CNS(=O)(=O)c1cccc(CNCc2ccc(NC(C)=O)cc2)c1. The van der Waals surface area contributed by atoms with Crippen molar-refractivity contribution in [1.29, 1.82) is 0 Å². The van der Waals surface area contributed by atoms with Gasteiger partial charge in [-0.2, -0.15) is 0 Å². The van der Waals surface area contributed by atoms with Crippen LogP contribution in [0.4, 0.5) is 5.69 Å². The number of carbonyl (C=O) groups is 1. The van der Waals surface area contributed by atoms with Gasteiger partial charge in [-0.25, -0.2) is 13.1 Å². The Kier molecular flexibility index (Phi) is 6.08. The van der Waals surface area contributed by atoms with Crippen LogP contribution in [-0.2, 0) is 27.9 Å². The van der Waals surface area contributed by atoms with Crippen LogP contribution in [0.2, 0.25) is 0 Å². The van der Waals surface area contributed by atoms with Crippen molar-refractivity contribution in [1.82, 2.24) is 10.0 Å². The highest BCUT2D eigenvalue weighted by atomic mass is 32.2. The quantitative estimate of drug-likeness (QED) is 0.713. The summed E-state index contributed by atoms with van der Waals surface area (Å²) in [6.45, 7) is 2.67. The molecular weight excluding hydrogens is 326 g/mol. The lowest BCUT2D eigenvalue weighted by Crippen LogP contribution is -2.19. The summed E-state index contributed by atoms with van der Waals surface area (Å²) in [4.78, 5) is 11.2. The number of nitrogens with one attached hydrogen (secondary N) is 3. The van der Waals surface area contributed by atoms with Crippen molar-refractivity contribution in [3.05, 3.63) is 59.7 Å². The first-order valence-electron chi connectivity index (χ1n) is 7.50.